The molecule has 2 aromatic rings. The number of benzene rings is 2. The number of para-hydroxylation sites is 1. The van der Waals surface area contributed by atoms with Crippen molar-refractivity contribution in [3.8, 4) is 5.75 Å². The van der Waals surface area contributed by atoms with E-state index >= 15 is 0 Å². The van der Waals surface area contributed by atoms with E-state index in [9.17, 15) is 0 Å². The Bertz CT molecular complexity index is 627. The fourth-order valence-corrected chi connectivity index (χ4v) is 3.88. The molecule has 0 radical (unpaired) electrons. The Kier molecular flexibility index (Phi) is 7.22. The van der Waals surface area contributed by atoms with Crippen molar-refractivity contribution in [1.82, 2.24) is 9.80 Å². The predicted molar refractivity (Wildman–Crippen MR) is 106 cm³/mol. The Hall–Kier alpha value is -1.49. The van der Waals surface area contributed by atoms with Crippen LogP contribution >= 0.6 is 11.8 Å². The van der Waals surface area contributed by atoms with Crippen LogP contribution in [0.15, 0.2) is 64.4 Å². The summed E-state index contributed by atoms with van der Waals surface area (Å²) in [5.41, 5.74) is 0. The van der Waals surface area contributed by atoms with Crippen molar-refractivity contribution >= 4 is 11.8 Å². The zero-order chi connectivity index (χ0) is 17.3. The number of likely N-dealkylation sites (N-methyl/N-ethyl adjacent to an activating group) is 1. The van der Waals surface area contributed by atoms with Crippen LogP contribution in [0.3, 0.4) is 0 Å². The van der Waals surface area contributed by atoms with Gasteiger partial charge in [0, 0.05) is 31.1 Å². The maximum atomic E-state index is 6.07. The molecule has 1 saturated heterocycles. The number of hydrogen-bond acceptors (Lipinski definition) is 4. The number of hydrogen-bond donors (Lipinski definition) is 0. The normalized spacial score (nSPS) is 16.0. The fraction of sp³-hybridized carbons (Fsp3) is 0.429. The topological polar surface area (TPSA) is 15.7 Å². The minimum absolute atomic E-state index is 0.792. The maximum Gasteiger partial charge on any atom is 0.133 e. The van der Waals surface area contributed by atoms with Crippen molar-refractivity contribution in [2.45, 2.75) is 22.6 Å². The fourth-order valence-electron chi connectivity index (χ4n) is 2.96. The molecule has 0 spiro atoms. The van der Waals surface area contributed by atoms with Crippen LogP contribution in [0, 0.1) is 0 Å². The molecule has 0 atom stereocenters. The maximum absolute atomic E-state index is 6.07. The summed E-state index contributed by atoms with van der Waals surface area (Å²) >= 11 is 1.76. The minimum atomic E-state index is 0.792. The van der Waals surface area contributed by atoms with Gasteiger partial charge in [0.2, 0.25) is 0 Å². The van der Waals surface area contributed by atoms with Crippen LogP contribution in [0.1, 0.15) is 12.8 Å². The van der Waals surface area contributed by atoms with Crippen LogP contribution in [0.5, 0.6) is 5.75 Å². The molecule has 1 aliphatic rings. The average Bonchev–Trinajstić information content (AvgIpc) is 2.65. The number of unbranched alkanes of at least 4 members (excludes halogenated alkanes) is 1. The quantitative estimate of drug-likeness (QED) is 0.657. The van der Waals surface area contributed by atoms with Crippen molar-refractivity contribution in [1.29, 1.82) is 0 Å². The van der Waals surface area contributed by atoms with Gasteiger partial charge in [0.1, 0.15) is 5.75 Å². The SMILES string of the molecule is CN1CCN(CCCCOc2ccccc2Sc2ccccc2)CC1. The third-order valence-corrected chi connectivity index (χ3v) is 5.61. The van der Waals surface area contributed by atoms with E-state index in [-0.39, 0.29) is 0 Å². The van der Waals surface area contributed by atoms with Gasteiger partial charge in [-0.25, -0.2) is 0 Å². The van der Waals surface area contributed by atoms with Gasteiger partial charge in [-0.15, -0.1) is 0 Å². The zero-order valence-corrected chi connectivity index (χ0v) is 15.9. The van der Waals surface area contributed by atoms with Crippen LogP contribution in [0.25, 0.3) is 0 Å². The van der Waals surface area contributed by atoms with E-state index in [1.165, 1.54) is 48.9 Å². The van der Waals surface area contributed by atoms with Crippen LogP contribution in [-0.4, -0.2) is 56.2 Å². The van der Waals surface area contributed by atoms with Gasteiger partial charge >= 0.3 is 0 Å². The standard InChI is InChI=1S/C21H28N2OS/c1-22-14-16-23(17-15-22)13-7-8-18-24-20-11-5-6-12-21(20)25-19-9-3-2-4-10-19/h2-6,9-12H,7-8,13-18H2,1H3. The lowest BCUT2D eigenvalue weighted by Crippen LogP contribution is -2.44. The van der Waals surface area contributed by atoms with Crippen LogP contribution in [-0.2, 0) is 0 Å². The number of ether oxygens (including phenoxy) is 1. The monoisotopic (exact) mass is 356 g/mol. The molecule has 4 heteroatoms. The van der Waals surface area contributed by atoms with E-state index in [0.29, 0.717) is 0 Å². The lowest BCUT2D eigenvalue weighted by Gasteiger charge is -2.32. The van der Waals surface area contributed by atoms with Gasteiger partial charge in [0.15, 0.2) is 0 Å². The lowest BCUT2D eigenvalue weighted by molar-refractivity contribution is 0.149. The first-order valence-electron chi connectivity index (χ1n) is 9.17. The molecule has 1 heterocycles. The molecule has 0 unspecified atom stereocenters. The molecular weight excluding hydrogens is 328 g/mol. The van der Waals surface area contributed by atoms with E-state index < -0.39 is 0 Å². The van der Waals surface area contributed by atoms with Gasteiger partial charge in [-0.3, -0.25) is 0 Å². The molecule has 2 aromatic carbocycles. The highest BCUT2D eigenvalue weighted by Crippen LogP contribution is 2.34. The Morgan fingerprint density at radius 1 is 0.880 bits per heavy atom. The molecule has 134 valence electrons. The molecule has 1 fully saturated rings. The van der Waals surface area contributed by atoms with Crippen molar-refractivity contribution < 1.29 is 4.74 Å². The molecule has 0 aromatic heterocycles. The summed E-state index contributed by atoms with van der Waals surface area (Å²) in [7, 11) is 2.20. The Balaban J connectivity index is 1.41. The number of rotatable bonds is 8. The smallest absolute Gasteiger partial charge is 0.133 e. The first-order chi connectivity index (χ1) is 12.3. The summed E-state index contributed by atoms with van der Waals surface area (Å²) in [5.74, 6) is 0.996. The third kappa shape index (κ3) is 6.07. The summed E-state index contributed by atoms with van der Waals surface area (Å²) in [6.07, 6.45) is 2.31. The van der Waals surface area contributed by atoms with Crippen LogP contribution < -0.4 is 4.74 Å². The summed E-state index contributed by atoms with van der Waals surface area (Å²) in [6.45, 7) is 6.78. The molecule has 0 N–H and O–H groups in total. The van der Waals surface area contributed by atoms with Gasteiger partial charge in [-0.2, -0.15) is 0 Å². The van der Waals surface area contributed by atoms with Gasteiger partial charge in [0.25, 0.3) is 0 Å². The van der Waals surface area contributed by atoms with Gasteiger partial charge in [-0.1, -0.05) is 42.1 Å². The summed E-state index contributed by atoms with van der Waals surface area (Å²) < 4.78 is 6.07. The van der Waals surface area contributed by atoms with E-state index in [0.717, 1.165) is 18.8 Å². The Labute approximate surface area is 156 Å². The van der Waals surface area contributed by atoms with Gasteiger partial charge in [0.05, 0.1) is 11.5 Å². The molecule has 3 rings (SSSR count). The highest BCUT2D eigenvalue weighted by Gasteiger charge is 2.12. The van der Waals surface area contributed by atoms with E-state index in [1.54, 1.807) is 11.8 Å². The second kappa shape index (κ2) is 9.85. The third-order valence-electron chi connectivity index (χ3n) is 4.54. The predicted octanol–water partition coefficient (Wildman–Crippen LogP) is 4.24. The van der Waals surface area contributed by atoms with E-state index in [2.05, 4.69) is 65.4 Å². The highest BCUT2D eigenvalue weighted by molar-refractivity contribution is 7.99. The van der Waals surface area contributed by atoms with E-state index in [1.807, 2.05) is 6.07 Å². The Morgan fingerprint density at radius 3 is 2.40 bits per heavy atom. The van der Waals surface area contributed by atoms with Gasteiger partial charge in [-0.05, 0) is 50.7 Å². The molecule has 0 bridgehead atoms. The second-order valence-electron chi connectivity index (χ2n) is 6.56. The second-order valence-corrected chi connectivity index (χ2v) is 7.68. The number of nitrogens with zero attached hydrogens (tertiary/aromatic N) is 2. The van der Waals surface area contributed by atoms with Crippen LogP contribution in [0.4, 0.5) is 0 Å². The van der Waals surface area contributed by atoms with Crippen LogP contribution in [0.2, 0.25) is 0 Å². The number of piperazine rings is 1. The molecule has 0 saturated carbocycles. The zero-order valence-electron chi connectivity index (χ0n) is 15.1. The summed E-state index contributed by atoms with van der Waals surface area (Å²) in [5, 5.41) is 0. The largest absolute Gasteiger partial charge is 0.492 e. The summed E-state index contributed by atoms with van der Waals surface area (Å²) in [6, 6.07) is 18.8. The molecule has 25 heavy (non-hydrogen) atoms. The van der Waals surface area contributed by atoms with Crippen molar-refractivity contribution in [3.05, 3.63) is 54.6 Å². The molecule has 0 amide bonds. The molecule has 0 aliphatic carbocycles. The summed E-state index contributed by atoms with van der Waals surface area (Å²) in [4.78, 5) is 7.40. The first kappa shape index (κ1) is 18.3. The molecule has 3 nitrogen and oxygen atoms in total. The van der Waals surface area contributed by atoms with Crippen molar-refractivity contribution in [2.24, 2.45) is 0 Å². The van der Waals surface area contributed by atoms with Gasteiger partial charge < -0.3 is 14.5 Å². The highest BCUT2D eigenvalue weighted by atomic mass is 32.2. The Morgan fingerprint density at radius 2 is 1.60 bits per heavy atom. The molecular formula is C21H28N2OS. The lowest BCUT2D eigenvalue weighted by atomic mass is 10.2. The van der Waals surface area contributed by atoms with Crippen molar-refractivity contribution in [2.75, 3.05) is 46.4 Å². The molecule has 1 aliphatic heterocycles. The minimum Gasteiger partial charge on any atom is -0.492 e. The average molecular weight is 357 g/mol. The first-order valence-corrected chi connectivity index (χ1v) is 9.98. The van der Waals surface area contributed by atoms with Crippen molar-refractivity contribution in [3.63, 3.8) is 0 Å². The van der Waals surface area contributed by atoms with E-state index in [4.69, 9.17) is 4.74 Å².